The Hall–Kier alpha value is -1.79. The summed E-state index contributed by atoms with van der Waals surface area (Å²) in [6.45, 7) is 8.68. The quantitative estimate of drug-likeness (QED) is 0.775. The summed E-state index contributed by atoms with van der Waals surface area (Å²) in [5.74, 6) is 1.74. The number of carbonyl (C=O) groups excluding carboxylic acids is 2. The first-order chi connectivity index (χ1) is 14.4. The molecular formula is C23H32ClN3O3. The second kappa shape index (κ2) is 8.39. The van der Waals surface area contributed by atoms with Crippen LogP contribution < -0.4 is 10.1 Å². The Morgan fingerprint density at radius 1 is 1.33 bits per heavy atom. The van der Waals surface area contributed by atoms with Crippen molar-refractivity contribution in [2.24, 2.45) is 17.8 Å². The molecule has 0 bridgehead atoms. The zero-order valence-corrected chi connectivity index (χ0v) is 18.9. The Morgan fingerprint density at radius 3 is 2.73 bits per heavy atom. The van der Waals surface area contributed by atoms with Crippen molar-refractivity contribution in [1.82, 2.24) is 15.1 Å². The lowest BCUT2D eigenvalue weighted by molar-refractivity contribution is -0.123. The van der Waals surface area contributed by atoms with E-state index in [4.69, 9.17) is 16.3 Å². The van der Waals surface area contributed by atoms with Crippen molar-refractivity contribution in [3.8, 4) is 5.75 Å². The lowest BCUT2D eigenvalue weighted by atomic mass is 9.75. The molecule has 164 valence electrons. The maximum absolute atomic E-state index is 13.1. The fourth-order valence-corrected chi connectivity index (χ4v) is 5.64. The molecule has 0 aromatic heterocycles. The van der Waals surface area contributed by atoms with Gasteiger partial charge in [0.1, 0.15) is 5.75 Å². The largest absolute Gasteiger partial charge is 0.496 e. The van der Waals surface area contributed by atoms with Crippen molar-refractivity contribution in [3.63, 3.8) is 0 Å². The van der Waals surface area contributed by atoms with Gasteiger partial charge in [-0.2, -0.15) is 0 Å². The summed E-state index contributed by atoms with van der Waals surface area (Å²) in [4.78, 5) is 30.2. The molecule has 3 atom stereocenters. The molecule has 3 aliphatic heterocycles. The number of nitrogens with one attached hydrogen (secondary N) is 1. The zero-order chi connectivity index (χ0) is 21.5. The minimum atomic E-state index is -0.174. The molecule has 0 radical (unpaired) electrons. The number of fused-ring (bicyclic) bond motifs is 2. The number of likely N-dealkylation sites (tertiary alicyclic amines) is 2. The Morgan fingerprint density at radius 2 is 2.07 bits per heavy atom. The van der Waals surface area contributed by atoms with Gasteiger partial charge >= 0.3 is 0 Å². The van der Waals surface area contributed by atoms with E-state index in [1.54, 1.807) is 25.3 Å². The van der Waals surface area contributed by atoms with Gasteiger partial charge in [-0.05, 0) is 37.0 Å². The van der Waals surface area contributed by atoms with Crippen LogP contribution >= 0.6 is 11.6 Å². The Balaban J connectivity index is 1.44. The smallest absolute Gasteiger partial charge is 0.257 e. The maximum Gasteiger partial charge on any atom is 0.257 e. The summed E-state index contributed by atoms with van der Waals surface area (Å²) in [7, 11) is 1.55. The molecule has 7 heteroatoms. The van der Waals surface area contributed by atoms with Crippen LogP contribution in [0.3, 0.4) is 0 Å². The molecular weight excluding hydrogens is 402 g/mol. The van der Waals surface area contributed by atoms with Crippen LogP contribution in [0.5, 0.6) is 5.75 Å². The van der Waals surface area contributed by atoms with Crippen molar-refractivity contribution < 1.29 is 14.3 Å². The highest BCUT2D eigenvalue weighted by atomic mass is 35.5. The Labute approximate surface area is 183 Å². The van der Waals surface area contributed by atoms with Crippen LogP contribution in [0.4, 0.5) is 0 Å². The Bertz CT molecular complexity index is 822. The van der Waals surface area contributed by atoms with Gasteiger partial charge in [-0.15, -0.1) is 0 Å². The molecule has 3 aliphatic rings. The molecule has 30 heavy (non-hydrogen) atoms. The summed E-state index contributed by atoms with van der Waals surface area (Å²) in [6, 6.07) is 5.12. The lowest BCUT2D eigenvalue weighted by Gasteiger charge is -2.43. The highest BCUT2D eigenvalue weighted by molar-refractivity contribution is 6.30. The van der Waals surface area contributed by atoms with Crippen molar-refractivity contribution in [2.75, 3.05) is 39.8 Å². The highest BCUT2D eigenvalue weighted by Crippen LogP contribution is 2.44. The highest BCUT2D eigenvalue weighted by Gasteiger charge is 2.57. The van der Waals surface area contributed by atoms with E-state index in [1.165, 1.54) is 0 Å². The molecule has 1 aromatic rings. The van der Waals surface area contributed by atoms with Gasteiger partial charge < -0.3 is 19.9 Å². The number of amides is 2. The van der Waals surface area contributed by atoms with E-state index in [0.717, 1.165) is 38.9 Å². The zero-order valence-electron chi connectivity index (χ0n) is 18.1. The van der Waals surface area contributed by atoms with Crippen molar-refractivity contribution in [1.29, 1.82) is 0 Å². The minimum absolute atomic E-state index is 0.0379. The van der Waals surface area contributed by atoms with Gasteiger partial charge in [0.2, 0.25) is 5.91 Å². The average molecular weight is 434 g/mol. The molecule has 4 rings (SSSR count). The minimum Gasteiger partial charge on any atom is -0.496 e. The number of rotatable bonds is 5. The predicted molar refractivity (Wildman–Crippen MR) is 117 cm³/mol. The summed E-state index contributed by atoms with van der Waals surface area (Å²) in [5, 5.41) is 3.89. The molecule has 3 fully saturated rings. The van der Waals surface area contributed by atoms with Crippen LogP contribution in [-0.4, -0.2) is 67.0 Å². The van der Waals surface area contributed by atoms with Crippen molar-refractivity contribution in [2.45, 2.75) is 38.6 Å². The SMILES string of the molecule is CCC(C)CN1C[C@H]2C(=O)NC3(CCN(C(=O)c4ccc(Cl)cc4OC)CC3)[C@H]2C1. The van der Waals surface area contributed by atoms with Crippen LogP contribution in [0.15, 0.2) is 18.2 Å². The summed E-state index contributed by atoms with van der Waals surface area (Å²) in [5.41, 5.74) is 0.360. The third-order valence-electron chi connectivity index (χ3n) is 7.42. The molecule has 0 saturated carbocycles. The third kappa shape index (κ3) is 3.80. The van der Waals surface area contributed by atoms with E-state index in [2.05, 4.69) is 24.1 Å². The normalized spacial score (nSPS) is 26.5. The fraction of sp³-hybridized carbons (Fsp3) is 0.652. The van der Waals surface area contributed by atoms with Gasteiger partial charge in [0, 0.05) is 49.2 Å². The number of hydrogen-bond acceptors (Lipinski definition) is 4. The van der Waals surface area contributed by atoms with Gasteiger partial charge in [0.05, 0.1) is 18.6 Å². The standard InChI is InChI=1S/C23H32ClN3O3/c1-4-15(2)12-26-13-18-19(14-26)23(25-21(18)28)7-9-27(10-8-23)22(29)17-6-5-16(24)11-20(17)30-3/h5-6,11,15,18-19H,4,7-10,12-14H2,1-3H3,(H,25,28)/t15?,18-,19+/m1/s1. The Kier molecular flexibility index (Phi) is 5.99. The number of hydrogen-bond donors (Lipinski definition) is 1. The number of methoxy groups -OCH3 is 1. The van der Waals surface area contributed by atoms with Crippen LogP contribution in [-0.2, 0) is 4.79 Å². The van der Waals surface area contributed by atoms with Crippen molar-refractivity contribution >= 4 is 23.4 Å². The van der Waals surface area contributed by atoms with Gasteiger partial charge in [-0.3, -0.25) is 9.59 Å². The van der Waals surface area contributed by atoms with Gasteiger partial charge in [-0.25, -0.2) is 0 Å². The summed E-state index contributed by atoms with van der Waals surface area (Å²) >= 11 is 6.04. The van der Waals surface area contributed by atoms with Gasteiger partial charge in [-0.1, -0.05) is 31.9 Å². The molecule has 1 unspecified atom stereocenters. The molecule has 6 nitrogen and oxygen atoms in total. The fourth-order valence-electron chi connectivity index (χ4n) is 5.48. The van der Waals surface area contributed by atoms with E-state index < -0.39 is 0 Å². The first-order valence-electron chi connectivity index (χ1n) is 11.0. The third-order valence-corrected chi connectivity index (χ3v) is 7.65. The van der Waals surface area contributed by atoms with Crippen LogP contribution in [0.2, 0.25) is 5.02 Å². The van der Waals surface area contributed by atoms with Crippen LogP contribution in [0, 0.1) is 17.8 Å². The second-order valence-electron chi connectivity index (χ2n) is 9.23. The average Bonchev–Trinajstić information content (AvgIpc) is 3.27. The molecule has 0 aliphatic carbocycles. The topological polar surface area (TPSA) is 61.9 Å². The molecule has 3 saturated heterocycles. The number of benzene rings is 1. The number of carbonyl (C=O) groups is 2. The molecule has 1 spiro atoms. The number of halogens is 1. The number of ether oxygens (including phenoxy) is 1. The first-order valence-corrected chi connectivity index (χ1v) is 11.4. The molecule has 1 N–H and O–H groups in total. The summed E-state index contributed by atoms with van der Waals surface area (Å²) in [6.07, 6.45) is 2.77. The van der Waals surface area contributed by atoms with E-state index >= 15 is 0 Å². The molecule has 1 aromatic carbocycles. The monoisotopic (exact) mass is 433 g/mol. The molecule has 3 heterocycles. The van der Waals surface area contributed by atoms with Crippen LogP contribution in [0.25, 0.3) is 0 Å². The van der Waals surface area contributed by atoms with Crippen molar-refractivity contribution in [3.05, 3.63) is 28.8 Å². The van der Waals surface area contributed by atoms with Gasteiger partial charge in [0.15, 0.2) is 0 Å². The van der Waals surface area contributed by atoms with Gasteiger partial charge in [0.25, 0.3) is 5.91 Å². The van der Waals surface area contributed by atoms with Crippen LogP contribution in [0.1, 0.15) is 43.5 Å². The number of nitrogens with zero attached hydrogens (tertiary/aromatic N) is 2. The first kappa shape index (κ1) is 21.4. The van der Waals surface area contributed by atoms with E-state index in [9.17, 15) is 9.59 Å². The van der Waals surface area contributed by atoms with E-state index in [-0.39, 0.29) is 23.3 Å². The second-order valence-corrected chi connectivity index (χ2v) is 9.66. The maximum atomic E-state index is 13.1. The van der Waals surface area contributed by atoms with E-state index in [1.807, 2.05) is 4.90 Å². The number of piperidine rings is 1. The lowest BCUT2D eigenvalue weighted by Crippen LogP contribution is -2.56. The summed E-state index contributed by atoms with van der Waals surface area (Å²) < 4.78 is 5.36. The van der Waals surface area contributed by atoms with E-state index in [0.29, 0.717) is 41.3 Å². The predicted octanol–water partition coefficient (Wildman–Crippen LogP) is 3.05. The molecule has 2 amide bonds.